The summed E-state index contributed by atoms with van der Waals surface area (Å²) in [6.07, 6.45) is 9.52. The molecule has 2 fully saturated rings. The summed E-state index contributed by atoms with van der Waals surface area (Å²) in [5.74, 6) is 0. The summed E-state index contributed by atoms with van der Waals surface area (Å²) < 4.78 is 5.09. The van der Waals surface area contributed by atoms with Crippen LogP contribution in [0.15, 0.2) is 12.2 Å². The van der Waals surface area contributed by atoms with Crippen molar-refractivity contribution in [1.29, 1.82) is 0 Å². The van der Waals surface area contributed by atoms with Gasteiger partial charge in [0.2, 0.25) is 0 Å². The Balaban J connectivity index is 1.86. The van der Waals surface area contributed by atoms with Crippen molar-refractivity contribution < 1.29 is 14.6 Å². The first kappa shape index (κ1) is 11.1. The van der Waals surface area contributed by atoms with E-state index in [0.29, 0.717) is 6.61 Å². The highest BCUT2D eigenvalue weighted by Crippen LogP contribution is 2.38. The van der Waals surface area contributed by atoms with Gasteiger partial charge < -0.3 is 9.84 Å². The second-order valence-electron chi connectivity index (χ2n) is 5.40. The first-order valence-electron chi connectivity index (χ1n) is 6.55. The minimum absolute atomic E-state index is 0.0344. The van der Waals surface area contributed by atoms with E-state index in [9.17, 15) is 9.90 Å². The van der Waals surface area contributed by atoms with Crippen LogP contribution in [0.3, 0.4) is 0 Å². The summed E-state index contributed by atoms with van der Waals surface area (Å²) >= 11 is 0. The molecule has 0 aromatic rings. The maximum atomic E-state index is 11.8. The van der Waals surface area contributed by atoms with Crippen LogP contribution < -0.4 is 0 Å². The van der Waals surface area contributed by atoms with Crippen LogP contribution >= 0.6 is 0 Å². The molecule has 2 heterocycles. The van der Waals surface area contributed by atoms with Gasteiger partial charge in [-0.3, -0.25) is 4.90 Å². The molecule has 3 rings (SSSR count). The number of hydrogen-bond acceptors (Lipinski definition) is 3. The van der Waals surface area contributed by atoms with E-state index in [1.165, 1.54) is 6.42 Å². The molecule has 1 amide bonds. The zero-order valence-electron chi connectivity index (χ0n) is 9.97. The zero-order chi connectivity index (χ0) is 11.9. The van der Waals surface area contributed by atoms with Crippen LogP contribution in [0, 0.1) is 0 Å². The van der Waals surface area contributed by atoms with Gasteiger partial charge in [0.1, 0.15) is 6.61 Å². The molecule has 1 saturated heterocycles. The lowest BCUT2D eigenvalue weighted by molar-refractivity contribution is -0.0635. The van der Waals surface area contributed by atoms with Crippen molar-refractivity contribution in [3.05, 3.63) is 12.2 Å². The Hall–Kier alpha value is -1.03. The van der Waals surface area contributed by atoms with Crippen LogP contribution in [0.5, 0.6) is 0 Å². The smallest absolute Gasteiger partial charge is 0.410 e. The topological polar surface area (TPSA) is 49.8 Å². The third-order valence-electron chi connectivity index (χ3n) is 4.34. The molecule has 1 aliphatic carbocycles. The Kier molecular flexibility index (Phi) is 2.62. The van der Waals surface area contributed by atoms with Crippen LogP contribution in [-0.2, 0) is 4.74 Å². The first-order valence-corrected chi connectivity index (χ1v) is 6.55. The van der Waals surface area contributed by atoms with E-state index in [1.54, 1.807) is 4.90 Å². The minimum Gasteiger partial charge on any atom is -0.447 e. The highest BCUT2D eigenvalue weighted by Gasteiger charge is 2.48. The molecule has 0 unspecified atom stereocenters. The van der Waals surface area contributed by atoms with Crippen LogP contribution in [-0.4, -0.2) is 40.4 Å². The zero-order valence-corrected chi connectivity index (χ0v) is 9.97. The van der Waals surface area contributed by atoms with Crippen molar-refractivity contribution in [2.75, 3.05) is 6.61 Å². The Morgan fingerprint density at radius 3 is 2.88 bits per heavy atom. The van der Waals surface area contributed by atoms with Gasteiger partial charge in [-0.05, 0) is 19.3 Å². The number of nitrogens with zero attached hydrogens (tertiary/aromatic N) is 1. The normalized spacial score (nSPS) is 35.6. The number of ether oxygens (including phenoxy) is 1. The maximum absolute atomic E-state index is 11.8. The third kappa shape index (κ3) is 1.75. The van der Waals surface area contributed by atoms with E-state index in [1.807, 2.05) is 6.08 Å². The number of fused-ring (bicyclic) bond motifs is 1. The monoisotopic (exact) mass is 237 g/mol. The number of cyclic esters (lactones) is 1. The summed E-state index contributed by atoms with van der Waals surface area (Å²) in [5, 5.41) is 10.8. The largest absolute Gasteiger partial charge is 0.447 e. The lowest BCUT2D eigenvalue weighted by Crippen LogP contribution is -2.57. The highest BCUT2D eigenvalue weighted by molar-refractivity contribution is 5.71. The fourth-order valence-electron chi connectivity index (χ4n) is 3.41. The molecule has 94 valence electrons. The van der Waals surface area contributed by atoms with Crippen LogP contribution in [0.4, 0.5) is 4.79 Å². The fraction of sp³-hybridized carbons (Fsp3) is 0.769. The molecular formula is C13H19NO3. The van der Waals surface area contributed by atoms with Crippen molar-refractivity contribution in [2.24, 2.45) is 0 Å². The van der Waals surface area contributed by atoms with Crippen molar-refractivity contribution in [1.82, 2.24) is 4.90 Å². The molecule has 1 saturated carbocycles. The van der Waals surface area contributed by atoms with E-state index in [0.717, 1.165) is 32.1 Å². The van der Waals surface area contributed by atoms with E-state index in [4.69, 9.17) is 4.74 Å². The summed E-state index contributed by atoms with van der Waals surface area (Å²) in [7, 11) is 0. The molecule has 4 nitrogen and oxygen atoms in total. The van der Waals surface area contributed by atoms with Gasteiger partial charge in [0.05, 0.1) is 17.7 Å². The molecule has 2 aliphatic heterocycles. The predicted molar refractivity (Wildman–Crippen MR) is 62.6 cm³/mol. The van der Waals surface area contributed by atoms with Crippen LogP contribution in [0.2, 0.25) is 0 Å². The van der Waals surface area contributed by atoms with Gasteiger partial charge in [-0.15, -0.1) is 0 Å². The SMILES string of the molecule is O=C1OC[C@@H]2C=CC[C@@H](C3(O)CCCCC3)N12. The van der Waals surface area contributed by atoms with Gasteiger partial charge in [0, 0.05) is 0 Å². The number of amides is 1. The molecule has 0 aromatic heterocycles. The molecule has 0 radical (unpaired) electrons. The summed E-state index contributed by atoms with van der Waals surface area (Å²) in [5.41, 5.74) is -0.704. The van der Waals surface area contributed by atoms with E-state index in [2.05, 4.69) is 6.08 Å². The van der Waals surface area contributed by atoms with Gasteiger partial charge in [0.15, 0.2) is 0 Å². The van der Waals surface area contributed by atoms with Gasteiger partial charge in [-0.2, -0.15) is 0 Å². The lowest BCUT2D eigenvalue weighted by atomic mass is 9.76. The van der Waals surface area contributed by atoms with Crippen molar-refractivity contribution in [2.45, 2.75) is 56.2 Å². The maximum Gasteiger partial charge on any atom is 0.410 e. The highest BCUT2D eigenvalue weighted by atomic mass is 16.6. The van der Waals surface area contributed by atoms with Crippen LogP contribution in [0.25, 0.3) is 0 Å². The fourth-order valence-corrected chi connectivity index (χ4v) is 3.41. The first-order chi connectivity index (χ1) is 8.21. The average Bonchev–Trinajstić information content (AvgIpc) is 2.72. The predicted octanol–water partition coefficient (Wildman–Crippen LogP) is 1.83. The van der Waals surface area contributed by atoms with E-state index >= 15 is 0 Å². The van der Waals surface area contributed by atoms with E-state index in [-0.39, 0.29) is 18.2 Å². The molecule has 0 aromatic carbocycles. The van der Waals surface area contributed by atoms with Crippen LogP contribution in [0.1, 0.15) is 38.5 Å². The standard InChI is InChI=1S/C13H19NO3/c15-12-14-10(9-17-12)5-4-6-11(14)13(16)7-2-1-3-8-13/h4-5,10-11,16H,1-3,6-9H2/t10-,11-/m0/s1. The Bertz CT molecular complexity index is 347. The van der Waals surface area contributed by atoms with Crippen molar-refractivity contribution in [3.63, 3.8) is 0 Å². The Morgan fingerprint density at radius 1 is 1.35 bits per heavy atom. The van der Waals surface area contributed by atoms with Gasteiger partial charge >= 0.3 is 6.09 Å². The second kappa shape index (κ2) is 4.02. The average molecular weight is 237 g/mol. The van der Waals surface area contributed by atoms with Crippen molar-refractivity contribution >= 4 is 6.09 Å². The van der Waals surface area contributed by atoms with Crippen molar-refractivity contribution in [3.8, 4) is 0 Å². The molecule has 3 aliphatic rings. The number of aliphatic hydroxyl groups is 1. The van der Waals surface area contributed by atoms with E-state index < -0.39 is 5.60 Å². The number of carbonyl (C=O) groups is 1. The number of hydrogen-bond donors (Lipinski definition) is 1. The molecule has 1 N–H and O–H groups in total. The summed E-state index contributed by atoms with van der Waals surface area (Å²) in [6, 6.07) is -0.0556. The summed E-state index contributed by atoms with van der Waals surface area (Å²) in [6.45, 7) is 0.432. The van der Waals surface area contributed by atoms with Gasteiger partial charge in [0.25, 0.3) is 0 Å². The Labute approximate surface area is 101 Å². The molecule has 2 atom stereocenters. The van der Waals surface area contributed by atoms with Gasteiger partial charge in [-0.1, -0.05) is 31.4 Å². The molecular weight excluding hydrogens is 218 g/mol. The summed E-state index contributed by atoms with van der Waals surface area (Å²) in [4.78, 5) is 13.5. The lowest BCUT2D eigenvalue weighted by Gasteiger charge is -2.45. The quantitative estimate of drug-likeness (QED) is 0.708. The molecule has 0 bridgehead atoms. The minimum atomic E-state index is -0.704. The van der Waals surface area contributed by atoms with Gasteiger partial charge in [-0.25, -0.2) is 4.79 Å². The second-order valence-corrected chi connectivity index (χ2v) is 5.40. The molecule has 4 heteroatoms. The number of rotatable bonds is 1. The Morgan fingerprint density at radius 2 is 2.12 bits per heavy atom. The third-order valence-corrected chi connectivity index (χ3v) is 4.34. The number of carbonyl (C=O) groups excluding carboxylic acids is 1. The molecule has 0 spiro atoms. The molecule has 17 heavy (non-hydrogen) atoms.